The standard InChI is InChI=1S/C17H14Cl3N3O2/c18-11-5-13-15(20)9-23(17(13)14(19)6-11)12-3-10(7-21-8-12)4-16(25)22-1-2-24/h3,5-9,24H,1-2,4H2,(H,22,25). The van der Waals surface area contributed by atoms with Crippen LogP contribution < -0.4 is 5.32 Å². The minimum atomic E-state index is -0.187. The number of nitrogens with zero attached hydrogens (tertiary/aromatic N) is 2. The molecule has 0 atom stereocenters. The van der Waals surface area contributed by atoms with Gasteiger partial charge in [0.25, 0.3) is 0 Å². The van der Waals surface area contributed by atoms with Crippen LogP contribution >= 0.6 is 34.8 Å². The van der Waals surface area contributed by atoms with E-state index in [-0.39, 0.29) is 25.5 Å². The van der Waals surface area contributed by atoms with Gasteiger partial charge >= 0.3 is 0 Å². The number of nitrogens with one attached hydrogen (secondary N) is 1. The Labute approximate surface area is 159 Å². The number of rotatable bonds is 5. The molecule has 1 aromatic carbocycles. The van der Waals surface area contributed by atoms with Crippen LogP contribution in [0.25, 0.3) is 16.6 Å². The Balaban J connectivity index is 1.99. The number of carbonyl (C=O) groups is 1. The van der Waals surface area contributed by atoms with E-state index in [1.54, 1.807) is 30.7 Å². The molecule has 3 aromatic rings. The summed E-state index contributed by atoms with van der Waals surface area (Å²) in [6, 6.07) is 5.24. The monoisotopic (exact) mass is 397 g/mol. The first kappa shape index (κ1) is 18.0. The first-order valence-electron chi connectivity index (χ1n) is 7.47. The van der Waals surface area contributed by atoms with Gasteiger partial charge in [0.15, 0.2) is 0 Å². The number of amides is 1. The number of hydrogen-bond donors (Lipinski definition) is 2. The number of aromatic nitrogens is 2. The lowest BCUT2D eigenvalue weighted by atomic mass is 10.2. The first-order chi connectivity index (χ1) is 12.0. The number of fused-ring (bicyclic) bond motifs is 1. The predicted octanol–water partition coefficient (Wildman–Crippen LogP) is 3.64. The van der Waals surface area contributed by atoms with Crippen molar-refractivity contribution in [1.29, 1.82) is 0 Å². The molecule has 130 valence electrons. The van der Waals surface area contributed by atoms with Gasteiger partial charge in [-0.15, -0.1) is 0 Å². The summed E-state index contributed by atoms with van der Waals surface area (Å²) in [7, 11) is 0. The molecule has 0 bridgehead atoms. The molecule has 0 saturated heterocycles. The molecule has 25 heavy (non-hydrogen) atoms. The molecule has 0 spiro atoms. The summed E-state index contributed by atoms with van der Waals surface area (Å²) in [5.41, 5.74) is 2.18. The molecule has 0 aliphatic carbocycles. The van der Waals surface area contributed by atoms with Gasteiger partial charge in [0.1, 0.15) is 0 Å². The van der Waals surface area contributed by atoms with Gasteiger partial charge in [0.2, 0.25) is 5.91 Å². The maximum absolute atomic E-state index is 11.8. The lowest BCUT2D eigenvalue weighted by Gasteiger charge is -2.09. The molecule has 0 aliphatic heterocycles. The lowest BCUT2D eigenvalue weighted by Crippen LogP contribution is -2.27. The van der Waals surface area contributed by atoms with Crippen molar-refractivity contribution in [3.8, 4) is 5.69 Å². The average Bonchev–Trinajstić information content (AvgIpc) is 2.90. The molecule has 0 aliphatic rings. The summed E-state index contributed by atoms with van der Waals surface area (Å²) in [4.78, 5) is 16.0. The fraction of sp³-hybridized carbons (Fsp3) is 0.176. The van der Waals surface area contributed by atoms with Crippen molar-refractivity contribution in [1.82, 2.24) is 14.9 Å². The number of hydrogen-bond acceptors (Lipinski definition) is 3. The minimum absolute atomic E-state index is 0.0983. The van der Waals surface area contributed by atoms with Crippen LogP contribution in [0.4, 0.5) is 0 Å². The molecule has 2 N–H and O–H groups in total. The molecule has 8 heteroatoms. The van der Waals surface area contributed by atoms with Crippen LogP contribution in [0.5, 0.6) is 0 Å². The van der Waals surface area contributed by atoms with E-state index >= 15 is 0 Å². The number of benzene rings is 1. The average molecular weight is 399 g/mol. The van der Waals surface area contributed by atoms with Crippen molar-refractivity contribution >= 4 is 51.6 Å². The predicted molar refractivity (Wildman–Crippen MR) is 99.9 cm³/mol. The van der Waals surface area contributed by atoms with Crippen LogP contribution in [0.15, 0.2) is 36.8 Å². The molecule has 3 rings (SSSR count). The molecular weight excluding hydrogens is 385 g/mol. The van der Waals surface area contributed by atoms with E-state index in [1.807, 2.05) is 10.6 Å². The number of carbonyl (C=O) groups excluding carboxylic acids is 1. The summed E-state index contributed by atoms with van der Waals surface area (Å²) in [5.74, 6) is -0.187. The van der Waals surface area contributed by atoms with Crippen LogP contribution in [-0.4, -0.2) is 33.7 Å². The second-order valence-electron chi connectivity index (χ2n) is 5.43. The van der Waals surface area contributed by atoms with Crippen molar-refractivity contribution in [3.05, 3.63) is 57.4 Å². The van der Waals surface area contributed by atoms with Gasteiger partial charge in [-0.05, 0) is 23.8 Å². The van der Waals surface area contributed by atoms with E-state index in [4.69, 9.17) is 39.9 Å². The van der Waals surface area contributed by atoms with Crippen LogP contribution in [0.2, 0.25) is 15.1 Å². The van der Waals surface area contributed by atoms with Gasteiger partial charge in [-0.1, -0.05) is 34.8 Å². The van der Waals surface area contributed by atoms with Gasteiger partial charge < -0.3 is 15.0 Å². The highest BCUT2D eigenvalue weighted by atomic mass is 35.5. The van der Waals surface area contributed by atoms with E-state index in [0.717, 1.165) is 22.2 Å². The zero-order valence-corrected chi connectivity index (χ0v) is 15.2. The molecular formula is C17H14Cl3N3O2. The third-order valence-corrected chi connectivity index (χ3v) is 4.43. The molecule has 2 aromatic heterocycles. The van der Waals surface area contributed by atoms with Gasteiger partial charge in [-0.25, -0.2) is 0 Å². The summed E-state index contributed by atoms with van der Waals surface area (Å²) in [6.45, 7) is 0.124. The number of aliphatic hydroxyl groups excluding tert-OH is 1. The van der Waals surface area contributed by atoms with Gasteiger partial charge in [-0.2, -0.15) is 0 Å². The normalized spacial score (nSPS) is 11.0. The Bertz CT molecular complexity index is 940. The maximum Gasteiger partial charge on any atom is 0.224 e. The van der Waals surface area contributed by atoms with E-state index in [0.29, 0.717) is 15.1 Å². The van der Waals surface area contributed by atoms with Gasteiger partial charge in [0, 0.05) is 29.3 Å². The lowest BCUT2D eigenvalue weighted by molar-refractivity contribution is -0.120. The summed E-state index contributed by atoms with van der Waals surface area (Å²) >= 11 is 18.7. The van der Waals surface area contributed by atoms with E-state index in [1.165, 1.54) is 0 Å². The first-order valence-corrected chi connectivity index (χ1v) is 8.60. The maximum atomic E-state index is 11.8. The Morgan fingerprint density at radius 1 is 1.16 bits per heavy atom. The van der Waals surface area contributed by atoms with Crippen molar-refractivity contribution < 1.29 is 9.90 Å². The highest BCUT2D eigenvalue weighted by Gasteiger charge is 2.14. The van der Waals surface area contributed by atoms with Crippen LogP contribution in [0, 0.1) is 0 Å². The topological polar surface area (TPSA) is 67.2 Å². The van der Waals surface area contributed by atoms with Crippen LogP contribution in [0.3, 0.4) is 0 Å². The third kappa shape index (κ3) is 3.90. The largest absolute Gasteiger partial charge is 0.395 e. The van der Waals surface area contributed by atoms with Crippen LogP contribution in [0.1, 0.15) is 5.56 Å². The fourth-order valence-electron chi connectivity index (χ4n) is 2.59. The molecule has 0 saturated carbocycles. The second kappa shape index (κ2) is 7.62. The number of aliphatic hydroxyl groups is 1. The quantitative estimate of drug-likeness (QED) is 0.689. The molecule has 1 amide bonds. The van der Waals surface area contributed by atoms with Gasteiger partial charge in [0.05, 0.1) is 40.5 Å². The van der Waals surface area contributed by atoms with Crippen molar-refractivity contribution in [2.24, 2.45) is 0 Å². The van der Waals surface area contributed by atoms with E-state index in [2.05, 4.69) is 10.3 Å². The molecule has 5 nitrogen and oxygen atoms in total. The Kier molecular flexibility index (Phi) is 5.49. The minimum Gasteiger partial charge on any atom is -0.395 e. The highest BCUT2D eigenvalue weighted by molar-refractivity contribution is 6.42. The van der Waals surface area contributed by atoms with Crippen molar-refractivity contribution in [2.75, 3.05) is 13.2 Å². The fourth-order valence-corrected chi connectivity index (χ4v) is 3.42. The Morgan fingerprint density at radius 3 is 2.72 bits per heavy atom. The number of pyridine rings is 1. The number of halogens is 3. The molecule has 0 unspecified atom stereocenters. The zero-order chi connectivity index (χ0) is 18.0. The molecule has 2 heterocycles. The van der Waals surface area contributed by atoms with E-state index < -0.39 is 0 Å². The smallest absolute Gasteiger partial charge is 0.224 e. The second-order valence-corrected chi connectivity index (χ2v) is 6.68. The highest BCUT2D eigenvalue weighted by Crippen LogP contribution is 2.35. The SMILES string of the molecule is O=C(Cc1cncc(-n2cc(Cl)c3cc(Cl)cc(Cl)c32)c1)NCCO. The summed E-state index contributed by atoms with van der Waals surface area (Å²) in [5, 5.41) is 13.6. The van der Waals surface area contributed by atoms with E-state index in [9.17, 15) is 4.79 Å². The third-order valence-electron chi connectivity index (χ3n) is 3.63. The zero-order valence-electron chi connectivity index (χ0n) is 13.0. The Morgan fingerprint density at radius 2 is 1.96 bits per heavy atom. The van der Waals surface area contributed by atoms with Crippen molar-refractivity contribution in [2.45, 2.75) is 6.42 Å². The van der Waals surface area contributed by atoms with Crippen LogP contribution in [-0.2, 0) is 11.2 Å². The Hall–Kier alpha value is -1.79. The summed E-state index contributed by atoms with van der Waals surface area (Å²) < 4.78 is 1.82. The summed E-state index contributed by atoms with van der Waals surface area (Å²) in [6.07, 6.45) is 5.18. The molecule has 0 fully saturated rings. The molecule has 0 radical (unpaired) electrons. The van der Waals surface area contributed by atoms with Crippen molar-refractivity contribution in [3.63, 3.8) is 0 Å². The van der Waals surface area contributed by atoms with Gasteiger partial charge in [-0.3, -0.25) is 9.78 Å².